The number of aromatic nitrogens is 1. The molecule has 0 aliphatic heterocycles. The second kappa shape index (κ2) is 10.4. The number of fused-ring (bicyclic) bond motifs is 1. The Morgan fingerprint density at radius 3 is 2.52 bits per heavy atom. The second-order valence-electron chi connectivity index (χ2n) is 7.84. The number of rotatable bonds is 8. The first-order valence-corrected chi connectivity index (χ1v) is 11.0. The fourth-order valence-corrected chi connectivity index (χ4v) is 3.84. The maximum absolute atomic E-state index is 13.2. The highest BCUT2D eigenvalue weighted by molar-refractivity contribution is 6.30. The van der Waals surface area contributed by atoms with E-state index in [4.69, 9.17) is 21.1 Å². The van der Waals surface area contributed by atoms with Crippen molar-refractivity contribution in [3.05, 3.63) is 101 Å². The van der Waals surface area contributed by atoms with E-state index in [1.54, 1.807) is 12.0 Å². The van der Waals surface area contributed by atoms with Crippen molar-refractivity contribution in [1.82, 2.24) is 9.88 Å². The van der Waals surface area contributed by atoms with Crippen LogP contribution in [0.1, 0.15) is 16.7 Å². The number of benzene rings is 3. The Hall–Kier alpha value is -3.57. The Kier molecular flexibility index (Phi) is 7.10. The van der Waals surface area contributed by atoms with Gasteiger partial charge in [-0.15, -0.1) is 0 Å². The number of amides is 1. The number of carbonyl (C=O) groups excluding carboxylic acids is 1. The molecule has 3 aromatic carbocycles. The highest BCUT2D eigenvalue weighted by Gasteiger charge is 2.18. The van der Waals surface area contributed by atoms with Gasteiger partial charge in [-0.25, -0.2) is 4.98 Å². The molecule has 0 N–H and O–H groups in total. The summed E-state index contributed by atoms with van der Waals surface area (Å²) in [5, 5.41) is 1.27. The van der Waals surface area contributed by atoms with E-state index >= 15 is 0 Å². The van der Waals surface area contributed by atoms with Crippen molar-refractivity contribution in [2.45, 2.75) is 20.0 Å². The third kappa shape index (κ3) is 5.82. The normalized spacial score (nSPS) is 10.8. The van der Waals surface area contributed by atoms with E-state index in [0.717, 1.165) is 33.3 Å². The molecule has 0 atom stereocenters. The maximum atomic E-state index is 13.2. The van der Waals surface area contributed by atoms with Gasteiger partial charge in [0.25, 0.3) is 5.91 Å². The zero-order chi connectivity index (χ0) is 23.2. The van der Waals surface area contributed by atoms with Crippen molar-refractivity contribution in [1.29, 1.82) is 0 Å². The SMILES string of the molecule is COc1ccc2nc(Cl)c(CN(Cc3cccc(C)c3)C(=O)COc3ccccc3)cc2c1. The average Bonchev–Trinajstić information content (AvgIpc) is 2.83. The van der Waals surface area contributed by atoms with Crippen LogP contribution in [0.5, 0.6) is 11.5 Å². The standard InChI is InChI=1S/C27H25ClN2O3/c1-19-7-6-8-20(13-19)16-30(26(31)18-33-23-9-4-3-5-10-23)17-22-14-21-15-24(32-2)11-12-25(21)29-27(22)28/h3-15H,16-18H2,1-2H3. The van der Waals surface area contributed by atoms with Crippen molar-refractivity contribution < 1.29 is 14.3 Å². The van der Waals surface area contributed by atoms with Crippen molar-refractivity contribution in [2.75, 3.05) is 13.7 Å². The van der Waals surface area contributed by atoms with Crippen molar-refractivity contribution in [3.63, 3.8) is 0 Å². The average molecular weight is 461 g/mol. The summed E-state index contributed by atoms with van der Waals surface area (Å²) < 4.78 is 11.1. The van der Waals surface area contributed by atoms with Gasteiger partial charge in [0, 0.05) is 24.0 Å². The van der Waals surface area contributed by atoms with Crippen LogP contribution in [-0.4, -0.2) is 29.5 Å². The molecule has 168 valence electrons. The van der Waals surface area contributed by atoms with Crippen LogP contribution >= 0.6 is 11.6 Å². The lowest BCUT2D eigenvalue weighted by atomic mass is 10.1. The van der Waals surface area contributed by atoms with Crippen LogP contribution in [0.4, 0.5) is 0 Å². The van der Waals surface area contributed by atoms with Crippen LogP contribution in [0.15, 0.2) is 78.9 Å². The van der Waals surface area contributed by atoms with Crippen LogP contribution in [0.2, 0.25) is 5.15 Å². The second-order valence-corrected chi connectivity index (χ2v) is 8.20. The monoisotopic (exact) mass is 460 g/mol. The summed E-state index contributed by atoms with van der Waals surface area (Å²) in [4.78, 5) is 19.5. The van der Waals surface area contributed by atoms with Gasteiger partial charge in [-0.3, -0.25) is 4.79 Å². The van der Waals surface area contributed by atoms with Crippen LogP contribution in [0, 0.1) is 6.92 Å². The summed E-state index contributed by atoms with van der Waals surface area (Å²) in [5.41, 5.74) is 3.71. The summed E-state index contributed by atoms with van der Waals surface area (Å²) in [6, 6.07) is 25.0. The number of para-hydroxylation sites is 1. The minimum absolute atomic E-state index is 0.0672. The summed E-state index contributed by atoms with van der Waals surface area (Å²) in [7, 11) is 1.63. The number of carbonyl (C=O) groups is 1. The lowest BCUT2D eigenvalue weighted by Gasteiger charge is -2.24. The molecular weight excluding hydrogens is 436 g/mol. The predicted octanol–water partition coefficient (Wildman–Crippen LogP) is 5.81. The first-order chi connectivity index (χ1) is 16.0. The summed E-state index contributed by atoms with van der Waals surface area (Å²) >= 11 is 6.52. The fraction of sp³-hybridized carbons (Fsp3) is 0.185. The summed E-state index contributed by atoms with van der Waals surface area (Å²) in [6.07, 6.45) is 0. The van der Waals surface area contributed by atoms with Crippen molar-refractivity contribution in [3.8, 4) is 11.5 Å². The van der Waals surface area contributed by atoms with Crippen LogP contribution in [-0.2, 0) is 17.9 Å². The largest absolute Gasteiger partial charge is 0.497 e. The van der Waals surface area contributed by atoms with E-state index < -0.39 is 0 Å². The number of ether oxygens (including phenoxy) is 2. The molecule has 1 heterocycles. The van der Waals surface area contributed by atoms with Gasteiger partial charge in [0.05, 0.1) is 12.6 Å². The number of hydrogen-bond donors (Lipinski definition) is 0. The molecule has 6 heteroatoms. The van der Waals surface area contributed by atoms with Gasteiger partial charge in [-0.05, 0) is 48.9 Å². The van der Waals surface area contributed by atoms with Gasteiger partial charge in [-0.1, -0.05) is 59.6 Å². The van der Waals surface area contributed by atoms with Gasteiger partial charge < -0.3 is 14.4 Å². The molecule has 0 saturated carbocycles. The van der Waals surface area contributed by atoms with E-state index in [1.165, 1.54) is 0 Å². The Morgan fingerprint density at radius 1 is 0.939 bits per heavy atom. The van der Waals surface area contributed by atoms with Gasteiger partial charge >= 0.3 is 0 Å². The van der Waals surface area contributed by atoms with Gasteiger partial charge in [-0.2, -0.15) is 0 Å². The van der Waals surface area contributed by atoms with E-state index in [-0.39, 0.29) is 12.5 Å². The van der Waals surface area contributed by atoms with Crippen LogP contribution in [0.25, 0.3) is 10.9 Å². The zero-order valence-corrected chi connectivity index (χ0v) is 19.4. The predicted molar refractivity (Wildman–Crippen MR) is 131 cm³/mol. The fourth-order valence-electron chi connectivity index (χ4n) is 3.63. The first kappa shape index (κ1) is 22.6. The van der Waals surface area contributed by atoms with E-state index in [0.29, 0.717) is 24.0 Å². The van der Waals surface area contributed by atoms with E-state index in [9.17, 15) is 4.79 Å². The highest BCUT2D eigenvalue weighted by atomic mass is 35.5. The molecule has 0 aliphatic carbocycles. The topological polar surface area (TPSA) is 51.7 Å². The van der Waals surface area contributed by atoms with Gasteiger partial charge in [0.2, 0.25) is 0 Å². The number of hydrogen-bond acceptors (Lipinski definition) is 4. The Balaban J connectivity index is 1.60. The number of aryl methyl sites for hydroxylation is 1. The smallest absolute Gasteiger partial charge is 0.261 e. The number of halogens is 1. The Bertz CT molecular complexity index is 1260. The molecule has 0 bridgehead atoms. The van der Waals surface area contributed by atoms with Crippen LogP contribution in [0.3, 0.4) is 0 Å². The maximum Gasteiger partial charge on any atom is 0.261 e. The molecule has 0 saturated heterocycles. The number of pyridine rings is 1. The molecule has 1 aromatic heterocycles. The lowest BCUT2D eigenvalue weighted by Crippen LogP contribution is -2.34. The Morgan fingerprint density at radius 2 is 1.76 bits per heavy atom. The molecule has 33 heavy (non-hydrogen) atoms. The third-order valence-electron chi connectivity index (χ3n) is 5.32. The first-order valence-electron chi connectivity index (χ1n) is 10.7. The molecule has 0 fully saturated rings. The quantitative estimate of drug-likeness (QED) is 0.311. The number of methoxy groups -OCH3 is 1. The summed E-state index contributed by atoms with van der Waals surface area (Å²) in [6.45, 7) is 2.71. The highest BCUT2D eigenvalue weighted by Crippen LogP contribution is 2.26. The molecule has 4 rings (SSSR count). The minimum Gasteiger partial charge on any atom is -0.497 e. The molecule has 0 radical (unpaired) electrons. The van der Waals surface area contributed by atoms with Crippen molar-refractivity contribution >= 4 is 28.4 Å². The van der Waals surface area contributed by atoms with Gasteiger partial charge in [0.1, 0.15) is 16.7 Å². The molecular formula is C27H25ClN2O3. The molecule has 1 amide bonds. The van der Waals surface area contributed by atoms with Crippen LogP contribution < -0.4 is 9.47 Å². The molecule has 5 nitrogen and oxygen atoms in total. The molecule has 0 unspecified atom stereocenters. The molecule has 0 aliphatic rings. The van der Waals surface area contributed by atoms with E-state index in [1.807, 2.05) is 79.7 Å². The number of nitrogens with zero attached hydrogens (tertiary/aromatic N) is 2. The summed E-state index contributed by atoms with van der Waals surface area (Å²) in [5.74, 6) is 1.25. The third-order valence-corrected chi connectivity index (χ3v) is 5.65. The minimum atomic E-state index is -0.137. The van der Waals surface area contributed by atoms with Gasteiger partial charge in [0.15, 0.2) is 6.61 Å². The lowest BCUT2D eigenvalue weighted by molar-refractivity contribution is -0.134. The molecule has 0 spiro atoms. The van der Waals surface area contributed by atoms with E-state index in [2.05, 4.69) is 11.1 Å². The zero-order valence-electron chi connectivity index (χ0n) is 18.6. The Labute approximate surface area is 198 Å². The van der Waals surface area contributed by atoms with Crippen molar-refractivity contribution in [2.24, 2.45) is 0 Å². The molecule has 4 aromatic rings.